The highest BCUT2D eigenvalue weighted by Crippen LogP contribution is 2.50. The second-order valence-electron chi connectivity index (χ2n) is 8.26. The summed E-state index contributed by atoms with van der Waals surface area (Å²) in [6.07, 6.45) is 15.2. The molecule has 0 aromatic heterocycles. The quantitative estimate of drug-likeness (QED) is 0.792. The molecular weight excluding hydrogens is 230 g/mol. The van der Waals surface area contributed by atoms with E-state index in [0.717, 1.165) is 41.7 Å². The first kappa shape index (κ1) is 12.7. The first-order valence-corrected chi connectivity index (χ1v) is 9.05. The molecule has 0 aromatic carbocycles. The Bertz CT molecular complexity index is 322. The molecule has 1 heteroatoms. The second-order valence-corrected chi connectivity index (χ2v) is 8.26. The molecule has 2 bridgehead atoms. The van der Waals surface area contributed by atoms with E-state index in [9.17, 15) is 0 Å². The molecule has 4 aliphatic rings. The molecule has 4 rings (SSSR count). The van der Waals surface area contributed by atoms with E-state index in [1.54, 1.807) is 25.7 Å². The predicted octanol–water partition coefficient (Wildman–Crippen LogP) is 4.37. The molecule has 19 heavy (non-hydrogen) atoms. The zero-order valence-electron chi connectivity index (χ0n) is 12.6. The van der Waals surface area contributed by atoms with Gasteiger partial charge in [0.2, 0.25) is 0 Å². The van der Waals surface area contributed by atoms with Crippen LogP contribution in [-0.4, -0.2) is 12.1 Å². The van der Waals surface area contributed by atoms with Gasteiger partial charge in [0.15, 0.2) is 0 Å². The third-order valence-corrected chi connectivity index (χ3v) is 6.94. The van der Waals surface area contributed by atoms with Crippen LogP contribution in [0.25, 0.3) is 0 Å². The fraction of sp³-hybridized carbons (Fsp3) is 1.00. The highest BCUT2D eigenvalue weighted by Gasteiger charge is 2.42. The fourth-order valence-corrected chi connectivity index (χ4v) is 5.78. The van der Waals surface area contributed by atoms with Crippen LogP contribution >= 0.6 is 0 Å². The van der Waals surface area contributed by atoms with Gasteiger partial charge in [0, 0.05) is 12.1 Å². The summed E-state index contributed by atoms with van der Waals surface area (Å²) in [5.74, 6) is 5.40. The van der Waals surface area contributed by atoms with Gasteiger partial charge in [0.25, 0.3) is 0 Å². The average molecular weight is 261 g/mol. The molecule has 0 radical (unpaired) electrons. The predicted molar refractivity (Wildman–Crippen MR) is 80.0 cm³/mol. The van der Waals surface area contributed by atoms with Crippen LogP contribution in [0.5, 0.6) is 0 Å². The Balaban J connectivity index is 1.30. The standard InChI is InChI=1S/C18H31N/c1-12(18-10-13-5-6-16(18)9-13)19-17-4-2-3-15(11-17)14-7-8-14/h12-19H,2-11H2,1H3. The zero-order chi connectivity index (χ0) is 12.8. The summed E-state index contributed by atoms with van der Waals surface area (Å²) in [5, 5.41) is 4.06. The van der Waals surface area contributed by atoms with Crippen molar-refractivity contribution in [1.29, 1.82) is 0 Å². The molecule has 1 N–H and O–H groups in total. The SMILES string of the molecule is CC(NC1CCCC(C2CC2)C1)C1CC2CCC1C2. The Labute approximate surface area is 118 Å². The van der Waals surface area contributed by atoms with Crippen molar-refractivity contribution in [2.75, 3.05) is 0 Å². The van der Waals surface area contributed by atoms with Gasteiger partial charge in [0.05, 0.1) is 0 Å². The van der Waals surface area contributed by atoms with E-state index >= 15 is 0 Å². The van der Waals surface area contributed by atoms with Gasteiger partial charge in [-0.05, 0) is 81.5 Å². The third kappa shape index (κ3) is 2.60. The van der Waals surface area contributed by atoms with E-state index in [-0.39, 0.29) is 0 Å². The summed E-state index contributed by atoms with van der Waals surface area (Å²) in [7, 11) is 0. The van der Waals surface area contributed by atoms with Crippen molar-refractivity contribution < 1.29 is 0 Å². The Morgan fingerprint density at radius 2 is 1.63 bits per heavy atom. The summed E-state index contributed by atoms with van der Waals surface area (Å²) in [4.78, 5) is 0. The first-order valence-electron chi connectivity index (χ1n) is 9.05. The van der Waals surface area contributed by atoms with E-state index in [4.69, 9.17) is 0 Å². The van der Waals surface area contributed by atoms with Crippen LogP contribution in [0.1, 0.15) is 71.1 Å². The van der Waals surface area contributed by atoms with Crippen molar-refractivity contribution >= 4 is 0 Å². The minimum absolute atomic E-state index is 0.790. The third-order valence-electron chi connectivity index (χ3n) is 6.94. The highest BCUT2D eigenvalue weighted by atomic mass is 15.0. The lowest BCUT2D eigenvalue weighted by Gasteiger charge is -2.36. The largest absolute Gasteiger partial charge is 0.311 e. The zero-order valence-corrected chi connectivity index (χ0v) is 12.6. The Kier molecular flexibility index (Phi) is 3.38. The lowest BCUT2D eigenvalue weighted by Crippen LogP contribution is -2.44. The van der Waals surface area contributed by atoms with Crippen molar-refractivity contribution in [1.82, 2.24) is 5.32 Å². The maximum Gasteiger partial charge on any atom is 0.00723 e. The first-order chi connectivity index (χ1) is 9.29. The maximum atomic E-state index is 4.06. The van der Waals surface area contributed by atoms with Gasteiger partial charge in [-0.1, -0.05) is 19.3 Å². The second kappa shape index (κ2) is 5.06. The van der Waals surface area contributed by atoms with Crippen LogP contribution < -0.4 is 5.32 Å². The van der Waals surface area contributed by atoms with E-state index in [1.807, 2.05) is 0 Å². The number of hydrogen-bond donors (Lipinski definition) is 1. The summed E-state index contributed by atoms with van der Waals surface area (Å²) >= 11 is 0. The van der Waals surface area contributed by atoms with Crippen LogP contribution in [-0.2, 0) is 0 Å². The van der Waals surface area contributed by atoms with Gasteiger partial charge < -0.3 is 5.32 Å². The molecule has 0 aliphatic heterocycles. The number of nitrogens with one attached hydrogen (secondary N) is 1. The van der Waals surface area contributed by atoms with Crippen molar-refractivity contribution in [3.8, 4) is 0 Å². The molecule has 0 saturated heterocycles. The lowest BCUT2D eigenvalue weighted by atomic mass is 9.80. The van der Waals surface area contributed by atoms with Gasteiger partial charge in [-0.3, -0.25) is 0 Å². The summed E-state index contributed by atoms with van der Waals surface area (Å²) in [5.41, 5.74) is 0. The molecule has 4 fully saturated rings. The van der Waals surface area contributed by atoms with E-state index in [2.05, 4.69) is 12.2 Å². The molecule has 4 saturated carbocycles. The van der Waals surface area contributed by atoms with Gasteiger partial charge in [-0.15, -0.1) is 0 Å². The maximum absolute atomic E-state index is 4.06. The fourth-order valence-electron chi connectivity index (χ4n) is 5.78. The molecule has 108 valence electrons. The molecule has 0 amide bonds. The smallest absolute Gasteiger partial charge is 0.00723 e. The highest BCUT2D eigenvalue weighted by molar-refractivity contribution is 4.96. The van der Waals surface area contributed by atoms with Crippen LogP contribution in [0.2, 0.25) is 0 Å². The van der Waals surface area contributed by atoms with Crippen LogP contribution in [0, 0.1) is 29.6 Å². The molecule has 6 unspecified atom stereocenters. The summed E-state index contributed by atoms with van der Waals surface area (Å²) in [6, 6.07) is 1.65. The van der Waals surface area contributed by atoms with Gasteiger partial charge in [-0.25, -0.2) is 0 Å². The van der Waals surface area contributed by atoms with Crippen molar-refractivity contribution in [3.63, 3.8) is 0 Å². The molecule has 0 aromatic rings. The monoisotopic (exact) mass is 261 g/mol. The van der Waals surface area contributed by atoms with Gasteiger partial charge in [-0.2, -0.15) is 0 Å². The average Bonchev–Trinajstić information content (AvgIpc) is 3.07. The topological polar surface area (TPSA) is 12.0 Å². The van der Waals surface area contributed by atoms with Crippen LogP contribution in [0.4, 0.5) is 0 Å². The molecule has 6 atom stereocenters. The van der Waals surface area contributed by atoms with Crippen LogP contribution in [0.15, 0.2) is 0 Å². The normalized spacial score (nSPS) is 47.5. The number of fused-ring (bicyclic) bond motifs is 2. The summed E-state index contributed by atoms with van der Waals surface area (Å²) in [6.45, 7) is 2.49. The lowest BCUT2D eigenvalue weighted by molar-refractivity contribution is 0.200. The van der Waals surface area contributed by atoms with Crippen molar-refractivity contribution in [2.24, 2.45) is 29.6 Å². The summed E-state index contributed by atoms with van der Waals surface area (Å²) < 4.78 is 0. The Morgan fingerprint density at radius 3 is 2.32 bits per heavy atom. The number of hydrogen-bond acceptors (Lipinski definition) is 1. The van der Waals surface area contributed by atoms with Crippen LogP contribution in [0.3, 0.4) is 0 Å². The number of rotatable bonds is 4. The van der Waals surface area contributed by atoms with E-state index in [0.29, 0.717) is 0 Å². The Hall–Kier alpha value is -0.0400. The molecule has 1 nitrogen and oxygen atoms in total. The van der Waals surface area contributed by atoms with E-state index in [1.165, 1.54) is 38.5 Å². The molecular formula is C18H31N. The van der Waals surface area contributed by atoms with Crippen molar-refractivity contribution in [2.45, 2.75) is 83.2 Å². The molecule has 0 spiro atoms. The van der Waals surface area contributed by atoms with Gasteiger partial charge >= 0.3 is 0 Å². The minimum atomic E-state index is 0.790. The molecule has 4 aliphatic carbocycles. The Morgan fingerprint density at radius 1 is 0.789 bits per heavy atom. The van der Waals surface area contributed by atoms with Crippen molar-refractivity contribution in [3.05, 3.63) is 0 Å². The van der Waals surface area contributed by atoms with Gasteiger partial charge in [0.1, 0.15) is 0 Å². The van der Waals surface area contributed by atoms with E-state index < -0.39 is 0 Å². The molecule has 0 heterocycles. The minimum Gasteiger partial charge on any atom is -0.311 e.